The zero-order valence-electron chi connectivity index (χ0n) is 14.4. The van der Waals surface area contributed by atoms with Gasteiger partial charge in [-0.25, -0.2) is 4.98 Å². The number of carbonyl (C=O) groups excluding carboxylic acids is 1. The van der Waals surface area contributed by atoms with E-state index in [-0.39, 0.29) is 6.47 Å². The number of anilines is 1. The molecule has 4 aromatic rings. The topological polar surface area (TPSA) is 120 Å². The summed E-state index contributed by atoms with van der Waals surface area (Å²) in [5, 5.41) is 21.1. The first-order valence-electron chi connectivity index (χ1n) is 8.15. The molecule has 0 saturated heterocycles. The second kappa shape index (κ2) is 7.63. The molecule has 0 spiro atoms. The lowest BCUT2D eigenvalue weighted by Gasteiger charge is -2.13. The molecule has 0 aliphatic rings. The maximum atomic E-state index is 10.6. The number of thiazole rings is 1. The lowest BCUT2D eigenvalue weighted by Crippen LogP contribution is -2.33. The van der Waals surface area contributed by atoms with E-state index in [2.05, 4.69) is 19.8 Å². The smallest absolute Gasteiger partial charge is 0.508 e. The molecule has 28 heavy (non-hydrogen) atoms. The average molecular weight is 392 g/mol. The van der Waals surface area contributed by atoms with Crippen LogP contribution >= 0.6 is 11.3 Å². The zero-order valence-corrected chi connectivity index (χ0v) is 15.2. The third-order valence-corrected chi connectivity index (χ3v) is 4.71. The molecule has 138 valence electrons. The van der Waals surface area contributed by atoms with Crippen molar-refractivity contribution >= 4 is 47.0 Å². The van der Waals surface area contributed by atoms with Crippen LogP contribution in [0.25, 0.3) is 22.0 Å². The number of fused-ring (bicyclic) bond motifs is 1. The van der Waals surface area contributed by atoms with Crippen molar-refractivity contribution in [3.05, 3.63) is 54.2 Å². The van der Waals surface area contributed by atoms with Gasteiger partial charge in [0, 0.05) is 22.5 Å². The van der Waals surface area contributed by atoms with Gasteiger partial charge in [0.25, 0.3) is 11.7 Å². The Labute approximate surface area is 163 Å². The Bertz CT molecular complexity index is 1140. The number of nitrogens with zero attached hydrogens (tertiary/aromatic N) is 3. The van der Waals surface area contributed by atoms with Gasteiger partial charge in [-0.05, 0) is 35.3 Å². The van der Waals surface area contributed by atoms with Crippen molar-refractivity contribution in [3.8, 4) is 22.1 Å². The molecule has 0 atom stereocenters. The lowest BCUT2D eigenvalue weighted by molar-refractivity contribution is -0.121. The molecule has 0 bridgehead atoms. The van der Waals surface area contributed by atoms with Gasteiger partial charge >= 0.3 is 7.12 Å². The fraction of sp³-hybridized carbons (Fsp3) is 0. The largest absolute Gasteiger partial charge is 0.561 e. The number of nitrogens with two attached hydrogens (primary N) is 1. The van der Waals surface area contributed by atoms with E-state index in [1.54, 1.807) is 29.8 Å². The number of nitrogen functional groups attached to an aromatic ring is 1. The highest BCUT2D eigenvalue weighted by molar-refractivity contribution is 7.11. The first-order chi connectivity index (χ1) is 13.7. The molecule has 0 amide bonds. The first-order valence-corrected chi connectivity index (χ1v) is 9.03. The van der Waals surface area contributed by atoms with Crippen molar-refractivity contribution in [1.29, 1.82) is 0 Å². The molecule has 2 heterocycles. The number of benzene rings is 2. The summed E-state index contributed by atoms with van der Waals surface area (Å²) in [5.74, 6) is 0.521. The summed E-state index contributed by atoms with van der Waals surface area (Å²) in [6.07, 6.45) is 3.14. The van der Waals surface area contributed by atoms with E-state index < -0.39 is 7.12 Å². The number of rotatable bonds is 6. The second-order valence-electron chi connectivity index (χ2n) is 5.77. The molecule has 0 aliphatic heterocycles. The molecular weight excluding hydrogens is 379 g/mol. The van der Waals surface area contributed by atoms with Gasteiger partial charge in [0.2, 0.25) is 0 Å². The Morgan fingerprint density at radius 2 is 2.11 bits per heavy atom. The van der Waals surface area contributed by atoms with Crippen LogP contribution in [0, 0.1) is 0 Å². The van der Waals surface area contributed by atoms with Crippen molar-refractivity contribution in [2.75, 3.05) is 5.73 Å². The molecule has 2 aromatic heterocycles. The fourth-order valence-electron chi connectivity index (χ4n) is 2.75. The highest BCUT2D eigenvalue weighted by Gasteiger charge is 2.21. The van der Waals surface area contributed by atoms with Crippen molar-refractivity contribution in [3.63, 3.8) is 0 Å². The highest BCUT2D eigenvalue weighted by Crippen LogP contribution is 2.35. The Morgan fingerprint density at radius 1 is 1.21 bits per heavy atom. The van der Waals surface area contributed by atoms with Crippen LogP contribution in [-0.2, 0) is 9.45 Å². The molecule has 0 fully saturated rings. The summed E-state index contributed by atoms with van der Waals surface area (Å²) in [4.78, 5) is 14.7. The SMILES string of the molecule is Nc1cnnc2cc(-c3cc(B(O)OC=O)ccc3Oc3nccs3)ccc12. The standard InChI is InChI=1S/C18H13BN4O4S/c20-15-9-22-23-16-7-11(1-3-13(15)16)14-8-12(19(25)26-10-24)2-4-17(14)27-18-21-5-6-28-18/h1-10,25H,(H2,20,23). The molecule has 2 aromatic carbocycles. The monoisotopic (exact) mass is 392 g/mol. The van der Waals surface area contributed by atoms with Gasteiger partial charge in [0.15, 0.2) is 0 Å². The van der Waals surface area contributed by atoms with Gasteiger partial charge in [-0.15, -0.1) is 0 Å². The fourth-order valence-corrected chi connectivity index (χ4v) is 3.25. The minimum Gasteiger partial charge on any atom is -0.508 e. The van der Waals surface area contributed by atoms with Gasteiger partial charge < -0.3 is 20.1 Å². The normalized spacial score (nSPS) is 10.6. The number of carbonyl (C=O) groups is 1. The zero-order chi connectivity index (χ0) is 19.5. The van der Waals surface area contributed by atoms with E-state index in [9.17, 15) is 9.82 Å². The van der Waals surface area contributed by atoms with Crippen LogP contribution in [0.3, 0.4) is 0 Å². The average Bonchev–Trinajstić information content (AvgIpc) is 3.21. The minimum atomic E-state index is -1.39. The minimum absolute atomic E-state index is 0.193. The Kier molecular flexibility index (Phi) is 4.88. The molecule has 3 N–H and O–H groups in total. The molecular formula is C18H13BN4O4S. The van der Waals surface area contributed by atoms with E-state index in [1.165, 1.54) is 17.5 Å². The number of hydrogen-bond donors (Lipinski definition) is 2. The molecule has 8 nitrogen and oxygen atoms in total. The molecule has 10 heteroatoms. The van der Waals surface area contributed by atoms with Crippen molar-refractivity contribution in [2.45, 2.75) is 0 Å². The van der Waals surface area contributed by atoms with E-state index >= 15 is 0 Å². The number of hydrogen-bond acceptors (Lipinski definition) is 9. The molecule has 0 saturated carbocycles. The third-order valence-electron chi connectivity index (χ3n) is 4.06. The molecule has 4 rings (SSSR count). The lowest BCUT2D eigenvalue weighted by atomic mass is 9.78. The molecule has 0 radical (unpaired) electrons. The first kappa shape index (κ1) is 17.9. The van der Waals surface area contributed by atoms with Crippen LogP contribution in [0.15, 0.2) is 54.2 Å². The summed E-state index contributed by atoms with van der Waals surface area (Å²) >= 11 is 1.35. The van der Waals surface area contributed by atoms with E-state index in [0.717, 1.165) is 10.9 Å². The van der Waals surface area contributed by atoms with Crippen LogP contribution in [0.2, 0.25) is 0 Å². The molecule has 0 aliphatic carbocycles. The second-order valence-corrected chi connectivity index (χ2v) is 6.63. The summed E-state index contributed by atoms with van der Waals surface area (Å²) in [6, 6.07) is 10.5. The van der Waals surface area contributed by atoms with Crippen LogP contribution in [-0.4, -0.2) is 33.8 Å². The number of ether oxygens (including phenoxy) is 1. The van der Waals surface area contributed by atoms with Crippen LogP contribution in [0.5, 0.6) is 10.9 Å². The Morgan fingerprint density at radius 3 is 2.89 bits per heavy atom. The quantitative estimate of drug-likeness (QED) is 0.378. The van der Waals surface area contributed by atoms with Crippen LogP contribution in [0.4, 0.5) is 5.69 Å². The summed E-state index contributed by atoms with van der Waals surface area (Å²) < 4.78 is 10.5. The van der Waals surface area contributed by atoms with Crippen LogP contribution in [0.1, 0.15) is 0 Å². The molecule has 0 unspecified atom stereocenters. The summed E-state index contributed by atoms with van der Waals surface area (Å²) in [6.45, 7) is 0.193. The number of aromatic nitrogens is 3. The summed E-state index contributed by atoms with van der Waals surface area (Å²) in [5.41, 5.74) is 8.91. The van der Waals surface area contributed by atoms with E-state index in [0.29, 0.717) is 33.2 Å². The maximum Gasteiger partial charge on any atom is 0.561 e. The van der Waals surface area contributed by atoms with Crippen LogP contribution < -0.4 is 15.9 Å². The van der Waals surface area contributed by atoms with Crippen molar-refractivity contribution < 1.29 is 19.2 Å². The Hall–Kier alpha value is -3.50. The Balaban J connectivity index is 1.84. The van der Waals surface area contributed by atoms with Gasteiger partial charge in [-0.1, -0.05) is 23.5 Å². The van der Waals surface area contributed by atoms with E-state index in [4.69, 9.17) is 10.5 Å². The predicted molar refractivity (Wildman–Crippen MR) is 106 cm³/mol. The maximum absolute atomic E-state index is 10.6. The predicted octanol–water partition coefficient (Wildman–Crippen LogP) is 1.99. The highest BCUT2D eigenvalue weighted by atomic mass is 32.1. The van der Waals surface area contributed by atoms with Gasteiger partial charge in [-0.2, -0.15) is 10.2 Å². The van der Waals surface area contributed by atoms with Crippen molar-refractivity contribution in [1.82, 2.24) is 15.2 Å². The van der Waals surface area contributed by atoms with E-state index in [1.807, 2.05) is 18.2 Å². The van der Waals surface area contributed by atoms with Gasteiger partial charge in [-0.3, -0.25) is 4.79 Å². The van der Waals surface area contributed by atoms with Crippen molar-refractivity contribution in [2.24, 2.45) is 0 Å². The van der Waals surface area contributed by atoms with Gasteiger partial charge in [0.05, 0.1) is 17.4 Å². The third kappa shape index (κ3) is 3.50. The van der Waals surface area contributed by atoms with Gasteiger partial charge in [0.1, 0.15) is 5.75 Å². The summed E-state index contributed by atoms with van der Waals surface area (Å²) in [7, 11) is -1.39.